The molecule has 134 valence electrons. The average Bonchev–Trinajstić information content (AvgIpc) is 3.09. The number of methoxy groups -OCH3 is 1. The third kappa shape index (κ3) is 4.35. The minimum absolute atomic E-state index is 0.0944. The van der Waals surface area contributed by atoms with Crippen LogP contribution in [-0.4, -0.2) is 47.1 Å². The van der Waals surface area contributed by atoms with Gasteiger partial charge in [-0.05, 0) is 62.1 Å². The van der Waals surface area contributed by atoms with Gasteiger partial charge in [0.25, 0.3) is 5.91 Å². The predicted octanol–water partition coefficient (Wildman–Crippen LogP) is 2.81. The number of carbonyl (C=O) groups excluding carboxylic acids is 1. The van der Waals surface area contributed by atoms with Gasteiger partial charge >= 0.3 is 0 Å². The molecule has 0 bridgehead atoms. The molecule has 0 aliphatic carbocycles. The molecule has 1 atom stereocenters. The fourth-order valence-electron chi connectivity index (χ4n) is 3.22. The van der Waals surface area contributed by atoms with Crippen LogP contribution in [0.3, 0.4) is 0 Å². The number of carbonyl (C=O) groups is 1. The van der Waals surface area contributed by atoms with Crippen molar-refractivity contribution >= 4 is 17.4 Å². The van der Waals surface area contributed by atoms with E-state index in [0.29, 0.717) is 17.1 Å². The van der Waals surface area contributed by atoms with Crippen LogP contribution in [0.15, 0.2) is 24.3 Å². The first-order valence-corrected chi connectivity index (χ1v) is 9.41. The largest absolute Gasteiger partial charge is 0.497 e. The highest BCUT2D eigenvalue weighted by atomic mass is 32.1. The summed E-state index contributed by atoms with van der Waals surface area (Å²) in [5.41, 5.74) is 1.88. The van der Waals surface area contributed by atoms with Crippen molar-refractivity contribution in [3.8, 4) is 5.75 Å². The smallest absolute Gasteiger partial charge is 0.265 e. The summed E-state index contributed by atoms with van der Waals surface area (Å²) in [6.07, 6.45) is 3.70. The Balaban J connectivity index is 1.73. The molecule has 2 heterocycles. The monoisotopic (exact) mass is 360 g/mol. The Morgan fingerprint density at radius 1 is 1.28 bits per heavy atom. The van der Waals surface area contributed by atoms with E-state index in [1.54, 1.807) is 7.11 Å². The van der Waals surface area contributed by atoms with Gasteiger partial charge in [-0.2, -0.15) is 0 Å². The van der Waals surface area contributed by atoms with Crippen LogP contribution in [0, 0.1) is 6.92 Å². The molecule has 1 saturated heterocycles. The van der Waals surface area contributed by atoms with Gasteiger partial charge in [-0.1, -0.05) is 23.0 Å². The summed E-state index contributed by atoms with van der Waals surface area (Å²) >= 11 is 1.14. The molecule has 3 rings (SSSR count). The number of likely N-dealkylation sites (tertiary alicyclic amines) is 1. The van der Waals surface area contributed by atoms with E-state index in [-0.39, 0.29) is 11.9 Å². The summed E-state index contributed by atoms with van der Waals surface area (Å²) in [7, 11) is 1.67. The first kappa shape index (κ1) is 17.8. The molecular weight excluding hydrogens is 336 g/mol. The molecule has 1 aliphatic rings. The third-order valence-corrected chi connectivity index (χ3v) is 5.47. The molecule has 7 heteroatoms. The molecule has 1 aromatic heterocycles. The number of ether oxygens (including phenoxy) is 1. The molecule has 1 aromatic carbocycles. The zero-order chi connectivity index (χ0) is 17.6. The Hall–Kier alpha value is -1.99. The van der Waals surface area contributed by atoms with E-state index in [9.17, 15) is 4.79 Å². The first-order valence-electron chi connectivity index (χ1n) is 8.64. The maximum Gasteiger partial charge on any atom is 0.265 e. The van der Waals surface area contributed by atoms with E-state index in [4.69, 9.17) is 4.74 Å². The van der Waals surface area contributed by atoms with E-state index in [2.05, 4.69) is 31.9 Å². The summed E-state index contributed by atoms with van der Waals surface area (Å²) in [6, 6.07) is 8.29. The van der Waals surface area contributed by atoms with Gasteiger partial charge in [-0.15, -0.1) is 5.10 Å². The highest BCUT2D eigenvalue weighted by Crippen LogP contribution is 2.26. The van der Waals surface area contributed by atoms with Gasteiger partial charge in [0.1, 0.15) is 10.6 Å². The maximum absolute atomic E-state index is 12.4. The number of aryl methyl sites for hydroxylation is 1. The van der Waals surface area contributed by atoms with Gasteiger partial charge in [0.05, 0.1) is 18.8 Å². The van der Waals surface area contributed by atoms with E-state index in [0.717, 1.165) is 30.4 Å². The van der Waals surface area contributed by atoms with Crippen molar-refractivity contribution in [2.75, 3.05) is 26.7 Å². The van der Waals surface area contributed by atoms with Gasteiger partial charge in [0, 0.05) is 6.54 Å². The number of aromatic nitrogens is 2. The molecule has 25 heavy (non-hydrogen) atoms. The van der Waals surface area contributed by atoms with Crippen LogP contribution in [-0.2, 0) is 0 Å². The second-order valence-corrected chi connectivity index (χ2v) is 7.04. The molecule has 0 radical (unpaired) electrons. The van der Waals surface area contributed by atoms with Crippen LogP contribution >= 0.6 is 11.5 Å². The summed E-state index contributed by atoms with van der Waals surface area (Å²) < 4.78 is 9.10. The van der Waals surface area contributed by atoms with E-state index in [1.165, 1.54) is 24.8 Å². The average molecular weight is 360 g/mol. The lowest BCUT2D eigenvalue weighted by molar-refractivity contribution is 0.0927. The Bertz CT molecular complexity index is 695. The molecule has 0 unspecified atom stereocenters. The van der Waals surface area contributed by atoms with E-state index < -0.39 is 0 Å². The Kier molecular flexibility index (Phi) is 5.99. The highest BCUT2D eigenvalue weighted by Gasteiger charge is 2.24. The van der Waals surface area contributed by atoms with Gasteiger partial charge in [0.2, 0.25) is 0 Å². The number of hydrogen-bond acceptors (Lipinski definition) is 6. The molecule has 2 aromatic rings. The second-order valence-electron chi connectivity index (χ2n) is 6.28. The van der Waals surface area contributed by atoms with Crippen molar-refractivity contribution in [3.05, 3.63) is 40.4 Å². The topological polar surface area (TPSA) is 67.3 Å². The normalized spacial score (nSPS) is 16.4. The summed E-state index contributed by atoms with van der Waals surface area (Å²) in [6.45, 7) is 4.51. The van der Waals surface area contributed by atoms with E-state index in [1.807, 2.05) is 19.1 Å². The summed E-state index contributed by atoms with van der Waals surface area (Å²) in [4.78, 5) is 15.5. The Morgan fingerprint density at radius 2 is 2.00 bits per heavy atom. The molecule has 6 nitrogen and oxygen atoms in total. The lowest BCUT2D eigenvalue weighted by atomic mass is 10.0. The summed E-state index contributed by atoms with van der Waals surface area (Å²) in [5, 5.41) is 6.98. The minimum atomic E-state index is -0.0944. The van der Waals surface area contributed by atoms with Crippen molar-refractivity contribution in [2.24, 2.45) is 0 Å². The third-order valence-electron chi connectivity index (χ3n) is 4.65. The zero-order valence-electron chi connectivity index (χ0n) is 14.7. The SMILES string of the molecule is COc1ccc([C@@H](CNC(=O)c2snnc2C)N2CCCCC2)cc1. The fraction of sp³-hybridized carbons (Fsp3) is 0.500. The molecular formula is C18H24N4O2S. The number of benzene rings is 1. The predicted molar refractivity (Wildman–Crippen MR) is 98.1 cm³/mol. The highest BCUT2D eigenvalue weighted by molar-refractivity contribution is 7.07. The van der Waals surface area contributed by atoms with Crippen molar-refractivity contribution in [2.45, 2.75) is 32.2 Å². The van der Waals surface area contributed by atoms with Crippen molar-refractivity contribution in [1.82, 2.24) is 19.8 Å². The van der Waals surface area contributed by atoms with Crippen LogP contribution in [0.2, 0.25) is 0 Å². The molecule has 1 N–H and O–H groups in total. The fourth-order valence-corrected chi connectivity index (χ4v) is 3.80. The second kappa shape index (κ2) is 8.40. The van der Waals surface area contributed by atoms with E-state index >= 15 is 0 Å². The number of nitrogens with one attached hydrogen (secondary N) is 1. The Labute approximate surface area is 152 Å². The van der Waals surface area contributed by atoms with Gasteiger partial charge in [-0.3, -0.25) is 9.69 Å². The zero-order valence-corrected chi connectivity index (χ0v) is 15.5. The van der Waals surface area contributed by atoms with Crippen molar-refractivity contribution in [3.63, 3.8) is 0 Å². The lowest BCUT2D eigenvalue weighted by Gasteiger charge is -2.35. The number of amides is 1. The Morgan fingerprint density at radius 3 is 2.60 bits per heavy atom. The number of nitrogens with zero attached hydrogens (tertiary/aromatic N) is 3. The maximum atomic E-state index is 12.4. The molecule has 0 spiro atoms. The number of piperidine rings is 1. The van der Waals surface area contributed by atoms with Gasteiger partial charge in [0.15, 0.2) is 0 Å². The first-order chi connectivity index (χ1) is 12.2. The number of hydrogen-bond donors (Lipinski definition) is 1. The van der Waals surface area contributed by atoms with Crippen LogP contribution in [0.5, 0.6) is 5.75 Å². The standard InChI is InChI=1S/C18H24N4O2S/c1-13-17(25-21-20-13)18(23)19-12-16(22-10-4-3-5-11-22)14-6-8-15(24-2)9-7-14/h6-9,16H,3-5,10-12H2,1-2H3,(H,19,23)/t16-/m1/s1. The lowest BCUT2D eigenvalue weighted by Crippen LogP contribution is -2.40. The van der Waals surface area contributed by atoms with Gasteiger partial charge < -0.3 is 10.1 Å². The van der Waals surface area contributed by atoms with Crippen LogP contribution in [0.4, 0.5) is 0 Å². The van der Waals surface area contributed by atoms with Crippen molar-refractivity contribution < 1.29 is 9.53 Å². The van der Waals surface area contributed by atoms with Crippen LogP contribution in [0.25, 0.3) is 0 Å². The summed E-state index contributed by atoms with van der Waals surface area (Å²) in [5.74, 6) is 0.750. The van der Waals surface area contributed by atoms with Gasteiger partial charge in [-0.25, -0.2) is 0 Å². The minimum Gasteiger partial charge on any atom is -0.497 e. The van der Waals surface area contributed by atoms with Crippen LogP contribution < -0.4 is 10.1 Å². The molecule has 1 fully saturated rings. The molecule has 1 aliphatic heterocycles. The molecule has 0 saturated carbocycles. The quantitative estimate of drug-likeness (QED) is 0.858. The van der Waals surface area contributed by atoms with Crippen LogP contribution in [0.1, 0.15) is 46.2 Å². The number of rotatable bonds is 6. The van der Waals surface area contributed by atoms with Crippen molar-refractivity contribution in [1.29, 1.82) is 0 Å². The molecule has 1 amide bonds.